The molecule has 0 bridgehead atoms. The maximum absolute atomic E-state index is 4.51. The van der Waals surface area contributed by atoms with Crippen molar-refractivity contribution in [3.8, 4) is 11.4 Å². The molecule has 0 atom stereocenters. The summed E-state index contributed by atoms with van der Waals surface area (Å²) < 4.78 is 1.79. The number of nitrogens with one attached hydrogen (secondary N) is 1. The third-order valence-electron chi connectivity index (χ3n) is 2.66. The van der Waals surface area contributed by atoms with Crippen molar-refractivity contribution >= 4 is 5.65 Å². The van der Waals surface area contributed by atoms with Crippen molar-refractivity contribution in [3.63, 3.8) is 0 Å². The number of pyridine rings is 1. The Kier molecular flexibility index (Phi) is 2.74. The molecule has 0 radical (unpaired) electrons. The molecule has 0 aromatic carbocycles. The zero-order chi connectivity index (χ0) is 12.4. The first kappa shape index (κ1) is 10.9. The number of imidazole rings is 1. The van der Waals surface area contributed by atoms with Gasteiger partial charge < -0.3 is 5.32 Å². The molecule has 0 fully saturated rings. The molecule has 3 aromatic heterocycles. The molecule has 0 aliphatic rings. The second-order valence-corrected chi connectivity index (χ2v) is 4.00. The van der Waals surface area contributed by atoms with Crippen molar-refractivity contribution in [2.24, 2.45) is 0 Å². The average Bonchev–Trinajstić information content (AvgIpc) is 2.81. The third-order valence-corrected chi connectivity index (χ3v) is 2.66. The monoisotopic (exact) mass is 239 g/mol. The molecule has 0 saturated heterocycles. The summed E-state index contributed by atoms with van der Waals surface area (Å²) in [6.07, 6.45) is 3.69. The summed E-state index contributed by atoms with van der Waals surface area (Å²) in [7, 11) is 1.90. The smallest absolute Gasteiger partial charge is 0.153 e. The van der Waals surface area contributed by atoms with Crippen LogP contribution in [0.3, 0.4) is 0 Å². The van der Waals surface area contributed by atoms with Gasteiger partial charge in [0.05, 0.1) is 17.6 Å². The number of aromatic nitrogens is 4. The lowest BCUT2D eigenvalue weighted by molar-refractivity contribution is 0.796. The lowest BCUT2D eigenvalue weighted by atomic mass is 10.2. The van der Waals surface area contributed by atoms with Gasteiger partial charge in [-0.05, 0) is 31.3 Å². The van der Waals surface area contributed by atoms with Gasteiger partial charge in [-0.25, -0.2) is 9.50 Å². The van der Waals surface area contributed by atoms with E-state index < -0.39 is 0 Å². The molecule has 0 aliphatic heterocycles. The number of hydrogen-bond acceptors (Lipinski definition) is 4. The molecule has 5 heteroatoms. The maximum atomic E-state index is 4.51. The lowest BCUT2D eigenvalue weighted by Gasteiger charge is -1.99. The van der Waals surface area contributed by atoms with E-state index in [2.05, 4.69) is 20.4 Å². The van der Waals surface area contributed by atoms with Crippen molar-refractivity contribution in [2.45, 2.75) is 6.54 Å². The van der Waals surface area contributed by atoms with E-state index in [-0.39, 0.29) is 0 Å². The minimum atomic E-state index is 0.738. The molecule has 0 unspecified atom stereocenters. The van der Waals surface area contributed by atoms with Crippen LogP contribution in [0.4, 0.5) is 0 Å². The second kappa shape index (κ2) is 4.54. The van der Waals surface area contributed by atoms with Crippen molar-refractivity contribution in [1.29, 1.82) is 0 Å². The molecular weight excluding hydrogens is 226 g/mol. The standard InChI is InChI=1S/C13H13N5/c1-14-8-10-9-18-13(16-10)6-5-12(17-18)11-4-2-3-7-15-11/h2-7,9,14H,8H2,1H3. The first-order valence-electron chi connectivity index (χ1n) is 5.78. The van der Waals surface area contributed by atoms with Gasteiger partial charge in [0, 0.05) is 12.7 Å². The van der Waals surface area contributed by atoms with Crippen LogP contribution in [0.1, 0.15) is 5.69 Å². The predicted octanol–water partition coefficient (Wildman–Crippen LogP) is 1.51. The highest BCUT2D eigenvalue weighted by Gasteiger charge is 2.05. The van der Waals surface area contributed by atoms with Crippen molar-refractivity contribution in [3.05, 3.63) is 48.4 Å². The van der Waals surface area contributed by atoms with E-state index >= 15 is 0 Å². The first-order valence-corrected chi connectivity index (χ1v) is 5.78. The fraction of sp³-hybridized carbons (Fsp3) is 0.154. The number of rotatable bonds is 3. The topological polar surface area (TPSA) is 55.1 Å². The molecule has 1 N–H and O–H groups in total. The molecule has 3 rings (SSSR count). The molecule has 18 heavy (non-hydrogen) atoms. The summed E-state index contributed by atoms with van der Waals surface area (Å²) in [6.45, 7) is 0.738. The molecular formula is C13H13N5. The van der Waals surface area contributed by atoms with Gasteiger partial charge in [-0.1, -0.05) is 6.07 Å². The SMILES string of the molecule is CNCc1cn2nc(-c3ccccn3)ccc2n1. The maximum Gasteiger partial charge on any atom is 0.153 e. The van der Waals surface area contributed by atoms with Crippen molar-refractivity contribution in [1.82, 2.24) is 24.9 Å². The van der Waals surface area contributed by atoms with Gasteiger partial charge in [-0.3, -0.25) is 4.98 Å². The van der Waals surface area contributed by atoms with Gasteiger partial charge in [0.15, 0.2) is 5.65 Å². The molecule has 3 heterocycles. The average molecular weight is 239 g/mol. The molecule has 5 nitrogen and oxygen atoms in total. The van der Waals surface area contributed by atoms with E-state index in [4.69, 9.17) is 0 Å². The molecule has 0 amide bonds. The van der Waals surface area contributed by atoms with Crippen LogP contribution >= 0.6 is 0 Å². The minimum absolute atomic E-state index is 0.738. The summed E-state index contributed by atoms with van der Waals surface area (Å²) >= 11 is 0. The second-order valence-electron chi connectivity index (χ2n) is 4.00. The van der Waals surface area contributed by atoms with E-state index in [9.17, 15) is 0 Å². The Morgan fingerprint density at radius 1 is 1.17 bits per heavy atom. The Morgan fingerprint density at radius 3 is 2.89 bits per heavy atom. The summed E-state index contributed by atoms with van der Waals surface area (Å²) in [6, 6.07) is 9.68. The van der Waals surface area contributed by atoms with Gasteiger partial charge in [-0.2, -0.15) is 5.10 Å². The zero-order valence-electron chi connectivity index (χ0n) is 10.0. The summed E-state index contributed by atoms with van der Waals surface area (Å²) in [5.41, 5.74) is 3.53. The molecule has 3 aromatic rings. The highest BCUT2D eigenvalue weighted by Crippen LogP contribution is 2.14. The number of nitrogens with zero attached hydrogens (tertiary/aromatic N) is 4. The Balaban J connectivity index is 2.05. The highest BCUT2D eigenvalue weighted by atomic mass is 15.3. The van der Waals surface area contributed by atoms with Gasteiger partial charge in [0.25, 0.3) is 0 Å². The van der Waals surface area contributed by atoms with Crippen LogP contribution in [-0.2, 0) is 6.54 Å². The van der Waals surface area contributed by atoms with Crippen molar-refractivity contribution in [2.75, 3.05) is 7.05 Å². The van der Waals surface area contributed by atoms with Crippen LogP contribution in [0.15, 0.2) is 42.7 Å². The largest absolute Gasteiger partial charge is 0.314 e. The van der Waals surface area contributed by atoms with E-state index in [0.29, 0.717) is 0 Å². The van der Waals surface area contributed by atoms with Crippen LogP contribution < -0.4 is 5.32 Å². The molecule has 0 saturated carbocycles. The van der Waals surface area contributed by atoms with Crippen LogP contribution in [0.2, 0.25) is 0 Å². The first-order chi connectivity index (χ1) is 8.86. The summed E-state index contributed by atoms with van der Waals surface area (Å²) in [5, 5.41) is 7.59. The predicted molar refractivity (Wildman–Crippen MR) is 69.0 cm³/mol. The van der Waals surface area contributed by atoms with Crippen LogP contribution in [0.5, 0.6) is 0 Å². The molecule has 0 spiro atoms. The summed E-state index contributed by atoms with van der Waals surface area (Å²) in [5.74, 6) is 0. The van der Waals surface area contributed by atoms with Gasteiger partial charge in [0.1, 0.15) is 5.69 Å². The Bertz CT molecular complexity index is 659. The molecule has 90 valence electrons. The van der Waals surface area contributed by atoms with E-state index in [1.807, 2.05) is 43.6 Å². The Hall–Kier alpha value is -2.27. The van der Waals surface area contributed by atoms with Crippen LogP contribution in [-0.4, -0.2) is 26.6 Å². The van der Waals surface area contributed by atoms with Gasteiger partial charge in [-0.15, -0.1) is 0 Å². The van der Waals surface area contributed by atoms with E-state index in [1.165, 1.54) is 0 Å². The van der Waals surface area contributed by atoms with Crippen molar-refractivity contribution < 1.29 is 0 Å². The van der Waals surface area contributed by atoms with Gasteiger partial charge >= 0.3 is 0 Å². The number of hydrogen-bond donors (Lipinski definition) is 1. The van der Waals surface area contributed by atoms with E-state index in [0.717, 1.165) is 29.3 Å². The fourth-order valence-corrected chi connectivity index (χ4v) is 1.85. The quantitative estimate of drug-likeness (QED) is 0.752. The molecule has 0 aliphatic carbocycles. The van der Waals surface area contributed by atoms with Gasteiger partial charge in [0.2, 0.25) is 0 Å². The minimum Gasteiger partial charge on any atom is -0.314 e. The van der Waals surface area contributed by atoms with Crippen LogP contribution in [0.25, 0.3) is 17.0 Å². The normalized spacial score (nSPS) is 10.9. The third kappa shape index (κ3) is 1.96. The fourth-order valence-electron chi connectivity index (χ4n) is 1.85. The zero-order valence-corrected chi connectivity index (χ0v) is 10.0. The van der Waals surface area contributed by atoms with E-state index in [1.54, 1.807) is 10.7 Å². The highest BCUT2D eigenvalue weighted by molar-refractivity contribution is 5.55. The number of fused-ring (bicyclic) bond motifs is 1. The Morgan fingerprint density at radius 2 is 2.11 bits per heavy atom. The van der Waals surface area contributed by atoms with Crippen LogP contribution in [0, 0.1) is 0 Å². The Labute approximate surface area is 105 Å². The summed E-state index contributed by atoms with van der Waals surface area (Å²) in [4.78, 5) is 8.75. The lowest BCUT2D eigenvalue weighted by Crippen LogP contribution is -2.04.